The van der Waals surface area contributed by atoms with E-state index in [9.17, 15) is 18.0 Å². The summed E-state index contributed by atoms with van der Waals surface area (Å²) in [6, 6.07) is 10.5. The summed E-state index contributed by atoms with van der Waals surface area (Å²) in [4.78, 5) is 25.8. The van der Waals surface area contributed by atoms with Crippen molar-refractivity contribution < 1.29 is 27.5 Å². The zero-order valence-electron chi connectivity index (χ0n) is 16.7. The van der Waals surface area contributed by atoms with Gasteiger partial charge < -0.3 is 19.7 Å². The van der Waals surface area contributed by atoms with Gasteiger partial charge in [0.05, 0.1) is 42.2 Å². The van der Waals surface area contributed by atoms with Crippen LogP contribution in [0.15, 0.2) is 47.4 Å². The molecule has 10 heteroatoms. The van der Waals surface area contributed by atoms with Gasteiger partial charge in [0, 0.05) is 20.0 Å². The van der Waals surface area contributed by atoms with Crippen LogP contribution >= 0.6 is 0 Å². The molecule has 0 saturated carbocycles. The predicted octanol–water partition coefficient (Wildman–Crippen LogP) is 1.93. The number of carbonyl (C=O) groups excluding carboxylic acids is 2. The zero-order chi connectivity index (χ0) is 21.7. The minimum absolute atomic E-state index is 0.0827. The highest BCUT2D eigenvalue weighted by Crippen LogP contribution is 2.29. The lowest BCUT2D eigenvalue weighted by Gasteiger charge is -2.27. The number of ether oxygens (including phenoxy) is 2. The first-order valence-corrected chi connectivity index (χ1v) is 10.7. The summed E-state index contributed by atoms with van der Waals surface area (Å²) in [5.74, 6) is -0.311. The van der Waals surface area contributed by atoms with Gasteiger partial charge in [-0.1, -0.05) is 12.1 Å². The molecule has 1 aliphatic rings. The molecule has 2 amide bonds. The number of morpholine rings is 1. The van der Waals surface area contributed by atoms with E-state index in [4.69, 9.17) is 9.47 Å². The first-order valence-electron chi connectivity index (χ1n) is 9.26. The highest BCUT2D eigenvalue weighted by Gasteiger charge is 2.24. The van der Waals surface area contributed by atoms with Crippen molar-refractivity contribution in [3.63, 3.8) is 0 Å². The number of anilines is 2. The number of para-hydroxylation sites is 1. The summed E-state index contributed by atoms with van der Waals surface area (Å²) in [5, 5.41) is 2.54. The number of benzene rings is 2. The Balaban J connectivity index is 1.91. The Morgan fingerprint density at radius 2 is 1.77 bits per heavy atom. The predicted molar refractivity (Wildman–Crippen MR) is 111 cm³/mol. The Kier molecular flexibility index (Phi) is 6.58. The Hall–Kier alpha value is -3.11. The maximum atomic E-state index is 13.0. The molecule has 0 radical (unpaired) electrons. The van der Waals surface area contributed by atoms with Gasteiger partial charge in [-0.2, -0.15) is 0 Å². The largest absolute Gasteiger partial charge is 0.495 e. The molecular formula is C20H23N3O6S. The van der Waals surface area contributed by atoms with Crippen LogP contribution in [0.3, 0.4) is 0 Å². The topological polar surface area (TPSA) is 114 Å². The van der Waals surface area contributed by atoms with E-state index in [1.165, 1.54) is 38.3 Å². The van der Waals surface area contributed by atoms with E-state index in [2.05, 4.69) is 10.0 Å². The number of amides is 2. The lowest BCUT2D eigenvalue weighted by molar-refractivity contribution is -0.114. The van der Waals surface area contributed by atoms with Gasteiger partial charge in [-0.3, -0.25) is 14.3 Å². The van der Waals surface area contributed by atoms with Crippen LogP contribution in [-0.4, -0.2) is 58.5 Å². The average molecular weight is 433 g/mol. The number of nitrogens with one attached hydrogen (secondary N) is 2. The fraction of sp³-hybridized carbons (Fsp3) is 0.300. The van der Waals surface area contributed by atoms with Crippen LogP contribution in [0.25, 0.3) is 0 Å². The second kappa shape index (κ2) is 9.14. The summed E-state index contributed by atoms with van der Waals surface area (Å²) in [6.07, 6.45) is 0. The summed E-state index contributed by atoms with van der Waals surface area (Å²) in [7, 11) is -2.62. The second-order valence-electron chi connectivity index (χ2n) is 6.60. The number of sulfonamides is 1. The summed E-state index contributed by atoms with van der Waals surface area (Å²) in [6.45, 7) is 3.08. The van der Waals surface area contributed by atoms with E-state index in [1.54, 1.807) is 23.1 Å². The monoisotopic (exact) mass is 433 g/mol. The van der Waals surface area contributed by atoms with Gasteiger partial charge in [0.15, 0.2) is 0 Å². The van der Waals surface area contributed by atoms with Crippen molar-refractivity contribution in [3.05, 3.63) is 48.0 Å². The minimum atomic E-state index is -4.04. The van der Waals surface area contributed by atoms with Crippen LogP contribution in [0.5, 0.6) is 5.75 Å². The Labute approximate surface area is 175 Å². The van der Waals surface area contributed by atoms with Gasteiger partial charge in [-0.25, -0.2) is 8.42 Å². The van der Waals surface area contributed by atoms with Crippen LogP contribution in [-0.2, 0) is 19.6 Å². The van der Waals surface area contributed by atoms with Crippen LogP contribution in [0, 0.1) is 0 Å². The van der Waals surface area contributed by atoms with E-state index in [-0.39, 0.29) is 33.6 Å². The molecule has 30 heavy (non-hydrogen) atoms. The standard InChI is InChI=1S/C20H23N3O6S/c1-14(24)21-18-13-15(7-8-19(18)28-2)30(26,27)22-17-6-4-3-5-16(17)20(25)23-9-11-29-12-10-23/h3-8,13,22H,9-12H2,1-2H3,(H,21,24). The maximum Gasteiger partial charge on any atom is 0.261 e. The van der Waals surface area contributed by atoms with Gasteiger partial charge >= 0.3 is 0 Å². The summed E-state index contributed by atoms with van der Waals surface area (Å²) < 4.78 is 38.9. The summed E-state index contributed by atoms with van der Waals surface area (Å²) >= 11 is 0. The third kappa shape index (κ3) is 4.89. The molecule has 0 aliphatic carbocycles. The molecule has 2 aromatic carbocycles. The molecule has 9 nitrogen and oxygen atoms in total. The van der Waals surface area contributed by atoms with E-state index in [0.29, 0.717) is 32.1 Å². The van der Waals surface area contributed by atoms with Crippen LogP contribution in [0.1, 0.15) is 17.3 Å². The quantitative estimate of drug-likeness (QED) is 0.720. The number of hydrogen-bond donors (Lipinski definition) is 2. The Bertz CT molecular complexity index is 1050. The van der Waals surface area contributed by atoms with Crippen molar-refractivity contribution in [2.45, 2.75) is 11.8 Å². The SMILES string of the molecule is COc1ccc(S(=O)(=O)Nc2ccccc2C(=O)N2CCOCC2)cc1NC(C)=O. The summed E-state index contributed by atoms with van der Waals surface area (Å²) in [5.41, 5.74) is 0.648. The molecule has 3 rings (SSSR count). The third-order valence-electron chi connectivity index (χ3n) is 4.49. The van der Waals surface area contributed by atoms with E-state index in [1.807, 2.05) is 0 Å². The number of methoxy groups -OCH3 is 1. The van der Waals surface area contributed by atoms with Crippen molar-refractivity contribution in [1.82, 2.24) is 4.90 Å². The van der Waals surface area contributed by atoms with Gasteiger partial charge in [0.1, 0.15) is 5.75 Å². The van der Waals surface area contributed by atoms with Gasteiger partial charge in [-0.05, 0) is 30.3 Å². The number of carbonyl (C=O) groups is 2. The normalized spacial score (nSPS) is 14.1. The zero-order valence-corrected chi connectivity index (χ0v) is 17.5. The number of nitrogens with zero attached hydrogens (tertiary/aromatic N) is 1. The first-order chi connectivity index (χ1) is 14.3. The van der Waals surface area contributed by atoms with Crippen LogP contribution < -0.4 is 14.8 Å². The van der Waals surface area contributed by atoms with Crippen molar-refractivity contribution in [1.29, 1.82) is 0 Å². The molecular weight excluding hydrogens is 410 g/mol. The fourth-order valence-corrected chi connectivity index (χ4v) is 4.15. The van der Waals surface area contributed by atoms with Crippen molar-refractivity contribution in [2.75, 3.05) is 43.5 Å². The van der Waals surface area contributed by atoms with E-state index >= 15 is 0 Å². The van der Waals surface area contributed by atoms with Crippen LogP contribution in [0.4, 0.5) is 11.4 Å². The lowest BCUT2D eigenvalue weighted by Crippen LogP contribution is -2.41. The lowest BCUT2D eigenvalue weighted by atomic mass is 10.1. The number of hydrogen-bond acceptors (Lipinski definition) is 6. The number of rotatable bonds is 6. The van der Waals surface area contributed by atoms with E-state index < -0.39 is 10.0 Å². The third-order valence-corrected chi connectivity index (χ3v) is 5.86. The molecule has 160 valence electrons. The molecule has 1 fully saturated rings. The molecule has 0 bridgehead atoms. The fourth-order valence-electron chi connectivity index (χ4n) is 3.04. The molecule has 1 heterocycles. The Morgan fingerprint density at radius 1 is 1.07 bits per heavy atom. The molecule has 1 aliphatic heterocycles. The van der Waals surface area contributed by atoms with Crippen molar-refractivity contribution in [2.24, 2.45) is 0 Å². The van der Waals surface area contributed by atoms with Gasteiger partial charge in [0.2, 0.25) is 5.91 Å². The average Bonchev–Trinajstić information content (AvgIpc) is 2.73. The Morgan fingerprint density at radius 3 is 2.43 bits per heavy atom. The van der Waals surface area contributed by atoms with Gasteiger partial charge in [0.25, 0.3) is 15.9 Å². The molecule has 1 saturated heterocycles. The van der Waals surface area contributed by atoms with Crippen molar-refractivity contribution >= 4 is 33.2 Å². The van der Waals surface area contributed by atoms with Crippen LogP contribution in [0.2, 0.25) is 0 Å². The van der Waals surface area contributed by atoms with E-state index in [0.717, 1.165) is 0 Å². The highest BCUT2D eigenvalue weighted by atomic mass is 32.2. The molecule has 0 spiro atoms. The second-order valence-corrected chi connectivity index (χ2v) is 8.28. The molecule has 2 aromatic rings. The molecule has 0 atom stereocenters. The maximum absolute atomic E-state index is 13.0. The molecule has 0 aromatic heterocycles. The van der Waals surface area contributed by atoms with Crippen molar-refractivity contribution in [3.8, 4) is 5.75 Å². The smallest absolute Gasteiger partial charge is 0.261 e. The molecule has 2 N–H and O–H groups in total. The van der Waals surface area contributed by atoms with Gasteiger partial charge in [-0.15, -0.1) is 0 Å². The highest BCUT2D eigenvalue weighted by molar-refractivity contribution is 7.92. The first kappa shape index (κ1) is 21.6. The minimum Gasteiger partial charge on any atom is -0.495 e. The molecule has 0 unspecified atom stereocenters.